The average molecular weight is 472 g/mol. The summed E-state index contributed by atoms with van der Waals surface area (Å²) in [5.74, 6) is -0.412. The normalized spacial score (nSPS) is 17.8. The predicted molar refractivity (Wildman–Crippen MR) is 131 cm³/mol. The van der Waals surface area contributed by atoms with E-state index in [-0.39, 0.29) is 18.4 Å². The maximum Gasteiger partial charge on any atom is 0.262 e. The van der Waals surface area contributed by atoms with E-state index < -0.39 is 17.9 Å². The van der Waals surface area contributed by atoms with Crippen LogP contribution in [0, 0.1) is 0 Å². The van der Waals surface area contributed by atoms with Crippen LogP contribution in [0.3, 0.4) is 0 Å². The van der Waals surface area contributed by atoms with Crippen molar-refractivity contribution in [1.82, 2.24) is 15.1 Å². The summed E-state index contributed by atoms with van der Waals surface area (Å²) in [6, 6.07) is 18.9. The Bertz CT molecular complexity index is 1150. The number of rotatable bonds is 8. The highest BCUT2D eigenvalue weighted by molar-refractivity contribution is 6.22. The molecule has 0 saturated carbocycles. The van der Waals surface area contributed by atoms with E-state index in [1.165, 1.54) is 6.42 Å². The lowest BCUT2D eigenvalue weighted by Gasteiger charge is -2.34. The van der Waals surface area contributed by atoms with Crippen molar-refractivity contribution in [2.45, 2.75) is 37.8 Å². The van der Waals surface area contributed by atoms with Crippen molar-refractivity contribution in [3.8, 4) is 0 Å². The number of hydrogen-bond donors (Lipinski definition) is 1. The van der Waals surface area contributed by atoms with Crippen LogP contribution in [0.4, 0.5) is 0 Å². The number of carbonyl (C=O) groups is 3. The van der Waals surface area contributed by atoms with Gasteiger partial charge in [-0.2, -0.15) is 0 Å². The topological polar surface area (TPSA) is 82.9 Å². The summed E-state index contributed by atoms with van der Waals surface area (Å²) in [6.07, 6.45) is 5.30. The fourth-order valence-electron chi connectivity index (χ4n) is 5.07. The molecule has 0 spiro atoms. The molecule has 2 aromatic carbocycles. The first-order valence-corrected chi connectivity index (χ1v) is 12.2. The van der Waals surface area contributed by atoms with E-state index in [1.54, 1.807) is 30.5 Å². The van der Waals surface area contributed by atoms with Gasteiger partial charge in [-0.05, 0) is 55.8 Å². The number of hydrogen-bond acceptors (Lipinski definition) is 5. The lowest BCUT2D eigenvalue weighted by atomic mass is 10.0. The molecule has 0 unspecified atom stereocenters. The summed E-state index contributed by atoms with van der Waals surface area (Å²) in [7, 11) is 0. The molecule has 2 aliphatic rings. The third kappa shape index (κ3) is 4.77. The van der Waals surface area contributed by atoms with Gasteiger partial charge < -0.3 is 9.73 Å². The summed E-state index contributed by atoms with van der Waals surface area (Å²) in [6.45, 7) is 2.21. The van der Waals surface area contributed by atoms with Gasteiger partial charge in [-0.1, -0.05) is 48.9 Å². The lowest BCUT2D eigenvalue weighted by Crippen LogP contribution is -2.52. The molecule has 0 aliphatic carbocycles. The van der Waals surface area contributed by atoms with Crippen LogP contribution in [-0.2, 0) is 11.2 Å². The minimum atomic E-state index is -0.955. The quantitative estimate of drug-likeness (QED) is 0.505. The lowest BCUT2D eigenvalue weighted by molar-refractivity contribution is -0.125. The van der Waals surface area contributed by atoms with Gasteiger partial charge in [0.1, 0.15) is 11.8 Å². The minimum absolute atomic E-state index is 0.103. The van der Waals surface area contributed by atoms with Crippen LogP contribution in [0.2, 0.25) is 0 Å². The van der Waals surface area contributed by atoms with Gasteiger partial charge in [0.05, 0.1) is 23.4 Å². The molecule has 35 heavy (non-hydrogen) atoms. The number of imide groups is 1. The van der Waals surface area contributed by atoms with Crippen LogP contribution in [0.25, 0.3) is 0 Å². The molecule has 3 amide bonds. The Morgan fingerprint density at radius 2 is 1.51 bits per heavy atom. The molecule has 7 nitrogen and oxygen atoms in total. The van der Waals surface area contributed by atoms with Crippen LogP contribution in [0.5, 0.6) is 0 Å². The zero-order valence-electron chi connectivity index (χ0n) is 19.6. The summed E-state index contributed by atoms with van der Waals surface area (Å²) >= 11 is 0. The predicted octanol–water partition coefficient (Wildman–Crippen LogP) is 3.83. The van der Waals surface area contributed by atoms with Gasteiger partial charge >= 0.3 is 0 Å². The molecule has 0 radical (unpaired) electrons. The van der Waals surface area contributed by atoms with E-state index in [0.29, 0.717) is 17.7 Å². The van der Waals surface area contributed by atoms with Crippen LogP contribution in [-0.4, -0.2) is 53.2 Å². The number of carbonyl (C=O) groups excluding carboxylic acids is 3. The van der Waals surface area contributed by atoms with E-state index in [1.807, 2.05) is 42.5 Å². The maximum atomic E-state index is 13.6. The summed E-state index contributed by atoms with van der Waals surface area (Å²) in [4.78, 5) is 43.5. The first kappa shape index (κ1) is 23.1. The largest absolute Gasteiger partial charge is 0.468 e. The van der Waals surface area contributed by atoms with Crippen molar-refractivity contribution in [3.63, 3.8) is 0 Å². The second-order valence-electron chi connectivity index (χ2n) is 9.10. The van der Waals surface area contributed by atoms with Crippen molar-refractivity contribution in [2.75, 3.05) is 19.6 Å². The highest BCUT2D eigenvalue weighted by Crippen LogP contribution is 2.27. The Labute approximate surface area is 204 Å². The smallest absolute Gasteiger partial charge is 0.262 e. The highest BCUT2D eigenvalue weighted by atomic mass is 16.3. The second-order valence-corrected chi connectivity index (χ2v) is 9.10. The van der Waals surface area contributed by atoms with E-state index in [9.17, 15) is 14.4 Å². The SMILES string of the molecule is O=C(NC[C@H](c1ccco1)N1CCCCC1)[C@@H](Cc1ccccc1)N1C(=O)c2ccccc2C1=O. The molecule has 3 heterocycles. The summed E-state index contributed by atoms with van der Waals surface area (Å²) in [5, 5.41) is 3.05. The molecule has 2 aliphatic heterocycles. The fourth-order valence-corrected chi connectivity index (χ4v) is 5.07. The fraction of sp³-hybridized carbons (Fsp3) is 0.321. The molecule has 1 N–H and O–H groups in total. The number of furan rings is 1. The van der Waals surface area contributed by atoms with Gasteiger partial charge in [-0.15, -0.1) is 0 Å². The van der Waals surface area contributed by atoms with Crippen molar-refractivity contribution in [2.24, 2.45) is 0 Å². The van der Waals surface area contributed by atoms with Crippen LogP contribution in [0.15, 0.2) is 77.4 Å². The van der Waals surface area contributed by atoms with Gasteiger partial charge in [0.2, 0.25) is 5.91 Å². The second kappa shape index (κ2) is 10.3. The molecular formula is C28H29N3O4. The van der Waals surface area contributed by atoms with E-state index in [4.69, 9.17) is 4.42 Å². The van der Waals surface area contributed by atoms with Gasteiger partial charge in [0.25, 0.3) is 11.8 Å². The Morgan fingerprint density at radius 1 is 0.857 bits per heavy atom. The van der Waals surface area contributed by atoms with Crippen molar-refractivity contribution >= 4 is 17.7 Å². The van der Waals surface area contributed by atoms with Crippen LogP contribution >= 0.6 is 0 Å². The number of benzene rings is 2. The Morgan fingerprint density at radius 3 is 2.14 bits per heavy atom. The third-order valence-corrected chi connectivity index (χ3v) is 6.88. The Kier molecular flexibility index (Phi) is 6.77. The van der Waals surface area contributed by atoms with Gasteiger partial charge in [-0.25, -0.2) is 0 Å². The molecular weight excluding hydrogens is 442 g/mol. The molecule has 2 atom stereocenters. The first-order valence-electron chi connectivity index (χ1n) is 12.2. The van der Waals surface area contributed by atoms with E-state index in [2.05, 4.69) is 10.2 Å². The number of nitrogens with one attached hydrogen (secondary N) is 1. The number of likely N-dealkylation sites (tertiary alicyclic amines) is 1. The first-order chi connectivity index (χ1) is 17.1. The molecule has 1 fully saturated rings. The standard InChI is InChI=1S/C28H29N3O4/c32-26(29-19-24(25-14-9-17-35-25)30-15-7-2-8-16-30)23(18-20-10-3-1-4-11-20)31-27(33)21-12-5-6-13-22(21)28(31)34/h1,3-6,9-14,17,23-24H,2,7-8,15-16,18-19H2,(H,29,32)/t23-,24-/m1/s1. The third-order valence-electron chi connectivity index (χ3n) is 6.88. The van der Waals surface area contributed by atoms with Crippen LogP contribution in [0.1, 0.15) is 57.3 Å². The number of piperidine rings is 1. The summed E-state index contributed by atoms with van der Waals surface area (Å²) < 4.78 is 5.70. The molecule has 3 aromatic rings. The Balaban J connectivity index is 1.39. The number of amides is 3. The monoisotopic (exact) mass is 471 g/mol. The molecule has 180 valence electrons. The Hall–Kier alpha value is -3.71. The van der Waals surface area contributed by atoms with Gasteiger partial charge in [0.15, 0.2) is 0 Å². The molecule has 7 heteroatoms. The van der Waals surface area contributed by atoms with Crippen molar-refractivity contribution < 1.29 is 18.8 Å². The van der Waals surface area contributed by atoms with Gasteiger partial charge in [0, 0.05) is 13.0 Å². The average Bonchev–Trinajstić information content (AvgIpc) is 3.51. The van der Waals surface area contributed by atoms with E-state index in [0.717, 1.165) is 42.2 Å². The zero-order chi connectivity index (χ0) is 24.2. The van der Waals surface area contributed by atoms with E-state index >= 15 is 0 Å². The molecule has 0 bridgehead atoms. The maximum absolute atomic E-state index is 13.6. The van der Waals surface area contributed by atoms with Crippen LogP contribution < -0.4 is 5.32 Å². The summed E-state index contributed by atoms with van der Waals surface area (Å²) in [5.41, 5.74) is 1.55. The minimum Gasteiger partial charge on any atom is -0.468 e. The van der Waals surface area contributed by atoms with Crippen molar-refractivity contribution in [3.05, 3.63) is 95.4 Å². The molecule has 5 rings (SSSR count). The number of nitrogens with zero attached hydrogens (tertiary/aromatic N) is 2. The molecule has 1 saturated heterocycles. The molecule has 1 aromatic heterocycles. The van der Waals surface area contributed by atoms with Crippen molar-refractivity contribution in [1.29, 1.82) is 0 Å². The highest BCUT2D eigenvalue weighted by Gasteiger charge is 2.42. The van der Waals surface area contributed by atoms with Gasteiger partial charge in [-0.3, -0.25) is 24.2 Å². The zero-order valence-corrected chi connectivity index (χ0v) is 19.6. The number of fused-ring (bicyclic) bond motifs is 1.